The summed E-state index contributed by atoms with van der Waals surface area (Å²) < 4.78 is 5.86. The molecule has 2 N–H and O–H groups in total. The molecule has 5 heteroatoms. The molecule has 0 unspecified atom stereocenters. The number of nitrogens with zero attached hydrogens (tertiary/aromatic N) is 1. The van der Waals surface area contributed by atoms with Crippen molar-refractivity contribution in [1.29, 1.82) is 0 Å². The van der Waals surface area contributed by atoms with Gasteiger partial charge in [0, 0.05) is 19.1 Å². The number of hydrogen-bond donors (Lipinski definition) is 2. The Balaban J connectivity index is 1.42. The second kappa shape index (κ2) is 6.42. The van der Waals surface area contributed by atoms with Crippen LogP contribution in [-0.2, 0) is 4.74 Å². The number of benzene rings is 2. The number of hydrogen-bond acceptors (Lipinski definition) is 4. The summed E-state index contributed by atoms with van der Waals surface area (Å²) in [5.41, 5.74) is 0.309. The van der Waals surface area contributed by atoms with Crippen molar-refractivity contribution in [2.45, 2.75) is 25.0 Å². The Morgan fingerprint density at radius 3 is 2.92 bits per heavy atom. The van der Waals surface area contributed by atoms with Crippen LogP contribution in [0.5, 0.6) is 5.75 Å². The maximum atomic E-state index is 12.4. The van der Waals surface area contributed by atoms with Crippen LogP contribution in [0, 0.1) is 0 Å². The van der Waals surface area contributed by atoms with Gasteiger partial charge in [0.05, 0.1) is 18.3 Å². The van der Waals surface area contributed by atoms with Gasteiger partial charge in [0.1, 0.15) is 5.75 Å². The fourth-order valence-corrected chi connectivity index (χ4v) is 3.72. The SMILES string of the molecule is O=C(NC[C@H]1CN2CCC[C@H]2CO1)c1cc2ccccc2cc1O. The molecule has 0 aliphatic carbocycles. The number of rotatable bonds is 3. The van der Waals surface area contributed by atoms with Crippen LogP contribution in [0.25, 0.3) is 10.8 Å². The van der Waals surface area contributed by atoms with E-state index >= 15 is 0 Å². The summed E-state index contributed by atoms with van der Waals surface area (Å²) in [6.45, 7) is 3.22. The molecule has 2 saturated heterocycles. The Morgan fingerprint density at radius 2 is 2.08 bits per heavy atom. The van der Waals surface area contributed by atoms with Crippen LogP contribution in [0.4, 0.5) is 0 Å². The third-order valence-corrected chi connectivity index (χ3v) is 5.06. The van der Waals surface area contributed by atoms with E-state index < -0.39 is 0 Å². The molecule has 24 heavy (non-hydrogen) atoms. The fourth-order valence-electron chi connectivity index (χ4n) is 3.72. The zero-order chi connectivity index (χ0) is 16.5. The zero-order valence-corrected chi connectivity index (χ0v) is 13.6. The molecule has 0 bridgehead atoms. The monoisotopic (exact) mass is 326 g/mol. The van der Waals surface area contributed by atoms with Crippen LogP contribution in [0.15, 0.2) is 36.4 Å². The van der Waals surface area contributed by atoms with Crippen molar-refractivity contribution in [2.24, 2.45) is 0 Å². The lowest BCUT2D eigenvalue weighted by atomic mass is 10.1. The van der Waals surface area contributed by atoms with E-state index in [4.69, 9.17) is 4.74 Å². The minimum absolute atomic E-state index is 0.00960. The summed E-state index contributed by atoms with van der Waals surface area (Å²) >= 11 is 0. The Morgan fingerprint density at radius 1 is 1.29 bits per heavy atom. The third kappa shape index (κ3) is 2.97. The van der Waals surface area contributed by atoms with Crippen molar-refractivity contribution < 1.29 is 14.6 Å². The topological polar surface area (TPSA) is 61.8 Å². The van der Waals surface area contributed by atoms with Crippen molar-refractivity contribution in [1.82, 2.24) is 10.2 Å². The van der Waals surface area contributed by atoms with Crippen LogP contribution in [0.3, 0.4) is 0 Å². The van der Waals surface area contributed by atoms with E-state index in [9.17, 15) is 9.90 Å². The number of morpholine rings is 1. The number of aromatic hydroxyl groups is 1. The molecule has 0 saturated carbocycles. The molecule has 4 rings (SSSR count). The third-order valence-electron chi connectivity index (χ3n) is 5.06. The van der Waals surface area contributed by atoms with Gasteiger partial charge in [0.25, 0.3) is 5.91 Å². The zero-order valence-electron chi connectivity index (χ0n) is 13.6. The molecule has 1 amide bonds. The Kier molecular flexibility index (Phi) is 4.12. The second-order valence-corrected chi connectivity index (χ2v) is 6.67. The van der Waals surface area contributed by atoms with E-state index in [-0.39, 0.29) is 17.8 Å². The average Bonchev–Trinajstić information content (AvgIpc) is 3.06. The van der Waals surface area contributed by atoms with E-state index in [1.807, 2.05) is 24.3 Å². The highest BCUT2D eigenvalue weighted by Gasteiger charge is 2.32. The van der Waals surface area contributed by atoms with Crippen LogP contribution in [0.2, 0.25) is 0 Å². The lowest BCUT2D eigenvalue weighted by Gasteiger charge is -2.35. The Labute approximate surface area is 141 Å². The molecular weight excluding hydrogens is 304 g/mol. The Bertz CT molecular complexity index is 761. The van der Waals surface area contributed by atoms with Crippen molar-refractivity contribution in [3.05, 3.63) is 42.0 Å². The molecule has 0 spiro atoms. The number of carbonyl (C=O) groups excluding carboxylic acids is 1. The molecule has 2 aliphatic rings. The van der Waals surface area contributed by atoms with Crippen LogP contribution in [0.1, 0.15) is 23.2 Å². The van der Waals surface area contributed by atoms with Gasteiger partial charge >= 0.3 is 0 Å². The molecule has 5 nitrogen and oxygen atoms in total. The number of amides is 1. The molecule has 2 aliphatic heterocycles. The number of ether oxygens (including phenoxy) is 1. The second-order valence-electron chi connectivity index (χ2n) is 6.67. The highest BCUT2D eigenvalue weighted by atomic mass is 16.5. The van der Waals surface area contributed by atoms with Gasteiger partial charge in [-0.05, 0) is 42.3 Å². The van der Waals surface area contributed by atoms with Crippen LogP contribution >= 0.6 is 0 Å². The molecular formula is C19H22N2O3. The Hall–Kier alpha value is -2.11. The highest BCUT2D eigenvalue weighted by molar-refractivity contribution is 6.01. The van der Waals surface area contributed by atoms with E-state index in [1.54, 1.807) is 12.1 Å². The van der Waals surface area contributed by atoms with Gasteiger partial charge in [-0.25, -0.2) is 0 Å². The number of phenols is 1. The maximum Gasteiger partial charge on any atom is 0.255 e. The standard InChI is InChI=1S/C19H22N2O3/c22-18-9-14-5-2-1-4-13(14)8-17(18)19(23)20-10-16-11-21-7-3-6-15(21)12-24-16/h1-2,4-5,8-9,15-16,22H,3,6-7,10-12H2,(H,20,23)/t15-,16-/m0/s1. The average molecular weight is 326 g/mol. The van der Waals surface area contributed by atoms with Gasteiger partial charge in [0.15, 0.2) is 0 Å². The van der Waals surface area contributed by atoms with Gasteiger partial charge in [0.2, 0.25) is 0 Å². The summed E-state index contributed by atoms with van der Waals surface area (Å²) in [6.07, 6.45) is 2.47. The fraction of sp³-hybridized carbons (Fsp3) is 0.421. The minimum atomic E-state index is -0.259. The first-order chi connectivity index (χ1) is 11.7. The summed E-state index contributed by atoms with van der Waals surface area (Å²) in [4.78, 5) is 14.9. The quantitative estimate of drug-likeness (QED) is 0.907. The van der Waals surface area contributed by atoms with Crippen molar-refractivity contribution >= 4 is 16.7 Å². The molecule has 2 fully saturated rings. The van der Waals surface area contributed by atoms with Gasteiger partial charge in [-0.2, -0.15) is 0 Å². The summed E-state index contributed by atoms with van der Waals surface area (Å²) in [7, 11) is 0. The molecule has 0 aromatic heterocycles. The lowest BCUT2D eigenvalue weighted by Crippen LogP contribution is -2.50. The molecule has 2 aromatic rings. The molecule has 126 valence electrons. The predicted octanol–water partition coefficient (Wildman–Crippen LogP) is 2.14. The first-order valence-corrected chi connectivity index (χ1v) is 8.56. The molecule has 2 atom stereocenters. The van der Waals surface area contributed by atoms with E-state index in [0.29, 0.717) is 18.2 Å². The molecule has 2 aromatic carbocycles. The van der Waals surface area contributed by atoms with Gasteiger partial charge < -0.3 is 15.2 Å². The first-order valence-electron chi connectivity index (χ1n) is 8.56. The summed E-state index contributed by atoms with van der Waals surface area (Å²) in [5.74, 6) is -0.249. The van der Waals surface area contributed by atoms with Gasteiger partial charge in [-0.15, -0.1) is 0 Å². The normalized spacial score (nSPS) is 24.0. The summed E-state index contributed by atoms with van der Waals surface area (Å²) in [6, 6.07) is 11.6. The largest absolute Gasteiger partial charge is 0.507 e. The maximum absolute atomic E-state index is 12.4. The van der Waals surface area contributed by atoms with E-state index in [1.165, 1.54) is 12.8 Å². The van der Waals surface area contributed by atoms with E-state index in [0.717, 1.165) is 30.5 Å². The summed E-state index contributed by atoms with van der Waals surface area (Å²) in [5, 5.41) is 14.9. The van der Waals surface area contributed by atoms with Gasteiger partial charge in [-0.1, -0.05) is 24.3 Å². The van der Waals surface area contributed by atoms with E-state index in [2.05, 4.69) is 10.2 Å². The lowest BCUT2D eigenvalue weighted by molar-refractivity contribution is -0.0461. The van der Waals surface area contributed by atoms with Gasteiger partial charge in [-0.3, -0.25) is 9.69 Å². The number of nitrogens with one attached hydrogen (secondary N) is 1. The first kappa shape index (κ1) is 15.4. The number of carbonyl (C=O) groups is 1. The smallest absolute Gasteiger partial charge is 0.255 e. The molecule has 2 heterocycles. The number of phenolic OH excluding ortho intramolecular Hbond substituents is 1. The predicted molar refractivity (Wildman–Crippen MR) is 92.3 cm³/mol. The van der Waals surface area contributed by atoms with Crippen molar-refractivity contribution in [3.63, 3.8) is 0 Å². The van der Waals surface area contributed by atoms with Crippen molar-refractivity contribution in [2.75, 3.05) is 26.2 Å². The van der Waals surface area contributed by atoms with Crippen LogP contribution in [-0.4, -0.2) is 54.3 Å². The number of fused-ring (bicyclic) bond motifs is 2. The molecule has 0 radical (unpaired) electrons. The van der Waals surface area contributed by atoms with Crippen molar-refractivity contribution in [3.8, 4) is 5.75 Å². The highest BCUT2D eigenvalue weighted by Crippen LogP contribution is 2.25. The van der Waals surface area contributed by atoms with Crippen LogP contribution < -0.4 is 5.32 Å². The minimum Gasteiger partial charge on any atom is -0.507 e.